The lowest BCUT2D eigenvalue weighted by Crippen LogP contribution is -2.41. The number of nitrogens with two attached hydrogens (primary N) is 1. The fraction of sp³-hybridized carbons (Fsp3) is 0.538. The van der Waals surface area contributed by atoms with Gasteiger partial charge in [0, 0.05) is 17.2 Å². The summed E-state index contributed by atoms with van der Waals surface area (Å²) < 4.78 is 19.4. The molecule has 96 valence electrons. The molecule has 2 nitrogen and oxygen atoms in total. The lowest BCUT2D eigenvalue weighted by Gasteiger charge is -2.34. The first-order valence-electron chi connectivity index (χ1n) is 5.79. The smallest absolute Gasteiger partial charge is 0.129 e. The average molecular weight is 260 g/mol. The molecule has 2 N–H and O–H groups in total. The molecule has 0 saturated carbocycles. The molecule has 1 rings (SSSR count). The molecule has 0 aliphatic heterocycles. The summed E-state index contributed by atoms with van der Waals surface area (Å²) in [6, 6.07) is 4.03. The molecule has 0 aliphatic carbocycles. The third-order valence-electron chi connectivity index (χ3n) is 3.13. The highest BCUT2D eigenvalue weighted by atomic mass is 35.5. The normalized spacial score (nSPS) is 16.6. The van der Waals surface area contributed by atoms with E-state index in [9.17, 15) is 4.39 Å². The van der Waals surface area contributed by atoms with Crippen molar-refractivity contribution in [3.05, 3.63) is 34.6 Å². The third-order valence-corrected chi connectivity index (χ3v) is 3.37. The molecule has 2 unspecified atom stereocenters. The maximum atomic E-state index is 13.8. The van der Waals surface area contributed by atoms with E-state index in [1.165, 1.54) is 6.07 Å². The summed E-state index contributed by atoms with van der Waals surface area (Å²) in [5.74, 6) is -0.385. The van der Waals surface area contributed by atoms with Gasteiger partial charge in [0.2, 0.25) is 0 Å². The van der Waals surface area contributed by atoms with E-state index in [1.807, 2.05) is 20.8 Å². The lowest BCUT2D eigenvalue weighted by molar-refractivity contribution is -0.0479. The Morgan fingerprint density at radius 1 is 1.47 bits per heavy atom. The topological polar surface area (TPSA) is 35.2 Å². The van der Waals surface area contributed by atoms with Crippen LogP contribution in [-0.2, 0) is 4.74 Å². The molecule has 0 spiro atoms. The number of hydrogen-bond acceptors (Lipinski definition) is 2. The molecule has 0 fully saturated rings. The number of halogens is 2. The number of hydrogen-bond donors (Lipinski definition) is 1. The van der Waals surface area contributed by atoms with Gasteiger partial charge in [0.1, 0.15) is 5.82 Å². The molecule has 0 heterocycles. The summed E-state index contributed by atoms with van der Waals surface area (Å²) in [5.41, 5.74) is 5.98. The van der Waals surface area contributed by atoms with Crippen LogP contribution in [0, 0.1) is 5.82 Å². The third kappa shape index (κ3) is 3.18. The molecule has 2 atom stereocenters. The second-order valence-corrected chi connectivity index (χ2v) is 4.68. The second-order valence-electron chi connectivity index (χ2n) is 4.24. The van der Waals surface area contributed by atoms with Crippen LogP contribution in [0.5, 0.6) is 0 Å². The van der Waals surface area contributed by atoms with Crippen LogP contribution in [0.15, 0.2) is 18.2 Å². The van der Waals surface area contributed by atoms with Gasteiger partial charge >= 0.3 is 0 Å². The zero-order valence-corrected chi connectivity index (χ0v) is 11.2. The molecule has 0 aromatic heterocycles. The number of benzene rings is 1. The van der Waals surface area contributed by atoms with Crippen molar-refractivity contribution in [3.8, 4) is 0 Å². The van der Waals surface area contributed by atoms with E-state index in [0.717, 1.165) is 0 Å². The van der Waals surface area contributed by atoms with E-state index < -0.39 is 11.6 Å². The molecular formula is C13H19ClFNO. The molecule has 0 radical (unpaired) electrons. The monoisotopic (exact) mass is 259 g/mol. The van der Waals surface area contributed by atoms with Crippen molar-refractivity contribution in [1.82, 2.24) is 0 Å². The van der Waals surface area contributed by atoms with Crippen molar-refractivity contribution in [2.75, 3.05) is 6.61 Å². The first-order chi connectivity index (χ1) is 7.94. The number of rotatable bonds is 5. The van der Waals surface area contributed by atoms with E-state index in [0.29, 0.717) is 23.6 Å². The molecule has 17 heavy (non-hydrogen) atoms. The Morgan fingerprint density at radius 3 is 2.59 bits per heavy atom. The molecule has 1 aromatic carbocycles. The maximum absolute atomic E-state index is 13.8. The predicted molar refractivity (Wildman–Crippen MR) is 68.7 cm³/mol. The van der Waals surface area contributed by atoms with E-state index in [4.69, 9.17) is 22.1 Å². The van der Waals surface area contributed by atoms with E-state index in [-0.39, 0.29) is 5.82 Å². The Morgan fingerprint density at radius 2 is 2.12 bits per heavy atom. The maximum Gasteiger partial charge on any atom is 0.129 e. The van der Waals surface area contributed by atoms with Crippen molar-refractivity contribution in [3.63, 3.8) is 0 Å². The van der Waals surface area contributed by atoms with Gasteiger partial charge in [-0.2, -0.15) is 0 Å². The van der Waals surface area contributed by atoms with Gasteiger partial charge in [-0.15, -0.1) is 0 Å². The summed E-state index contributed by atoms with van der Waals surface area (Å²) in [5, 5.41) is 0.369. The summed E-state index contributed by atoms with van der Waals surface area (Å²) >= 11 is 5.72. The van der Waals surface area contributed by atoms with Crippen molar-refractivity contribution >= 4 is 11.6 Å². The average Bonchev–Trinajstić information content (AvgIpc) is 2.28. The zero-order chi connectivity index (χ0) is 13.1. The van der Waals surface area contributed by atoms with Gasteiger partial charge in [0.05, 0.1) is 11.6 Å². The van der Waals surface area contributed by atoms with Gasteiger partial charge in [-0.25, -0.2) is 4.39 Å². The second kappa shape index (κ2) is 5.80. The molecule has 1 aromatic rings. The van der Waals surface area contributed by atoms with Gasteiger partial charge in [-0.05, 0) is 32.4 Å². The standard InChI is InChI=1S/C13H19ClFNO/c1-4-13(3,17-5-2)12(16)10-7-6-9(14)8-11(10)15/h6-8,12H,4-5,16H2,1-3H3. The van der Waals surface area contributed by atoms with Crippen molar-refractivity contribution in [2.45, 2.75) is 38.8 Å². The van der Waals surface area contributed by atoms with Crippen LogP contribution in [0.25, 0.3) is 0 Å². The molecule has 0 saturated heterocycles. The van der Waals surface area contributed by atoms with Crippen LogP contribution in [0.2, 0.25) is 5.02 Å². The fourth-order valence-corrected chi connectivity index (χ4v) is 1.98. The van der Waals surface area contributed by atoms with Crippen LogP contribution in [0.4, 0.5) is 4.39 Å². The molecule has 4 heteroatoms. The molecule has 0 amide bonds. The van der Waals surface area contributed by atoms with Crippen molar-refractivity contribution in [1.29, 1.82) is 0 Å². The lowest BCUT2D eigenvalue weighted by atomic mass is 9.88. The quantitative estimate of drug-likeness (QED) is 0.875. The fourth-order valence-electron chi connectivity index (χ4n) is 1.82. The minimum Gasteiger partial charge on any atom is -0.374 e. The highest BCUT2D eigenvalue weighted by Gasteiger charge is 2.33. The van der Waals surface area contributed by atoms with E-state index in [1.54, 1.807) is 12.1 Å². The highest BCUT2D eigenvalue weighted by molar-refractivity contribution is 6.30. The van der Waals surface area contributed by atoms with Crippen LogP contribution in [0.3, 0.4) is 0 Å². The van der Waals surface area contributed by atoms with Gasteiger partial charge in [-0.3, -0.25) is 0 Å². The number of ether oxygens (including phenoxy) is 1. The summed E-state index contributed by atoms with van der Waals surface area (Å²) in [7, 11) is 0. The van der Waals surface area contributed by atoms with Crippen LogP contribution in [0.1, 0.15) is 38.8 Å². The van der Waals surface area contributed by atoms with Crippen molar-refractivity contribution < 1.29 is 9.13 Å². The van der Waals surface area contributed by atoms with Gasteiger partial charge in [-0.1, -0.05) is 24.6 Å². The SMILES string of the molecule is CCOC(C)(CC)C(N)c1ccc(Cl)cc1F. The first kappa shape index (κ1) is 14.4. The van der Waals surface area contributed by atoms with Crippen LogP contribution >= 0.6 is 11.6 Å². The van der Waals surface area contributed by atoms with Crippen LogP contribution in [-0.4, -0.2) is 12.2 Å². The minimum absolute atomic E-state index is 0.369. The Balaban J connectivity index is 3.05. The summed E-state index contributed by atoms with van der Waals surface area (Å²) in [4.78, 5) is 0. The van der Waals surface area contributed by atoms with E-state index >= 15 is 0 Å². The summed E-state index contributed by atoms with van der Waals surface area (Å²) in [6.45, 7) is 6.32. The minimum atomic E-state index is -0.566. The molecule has 0 aliphatic rings. The molecular weight excluding hydrogens is 241 g/mol. The Kier molecular flexibility index (Phi) is 4.92. The Hall–Kier alpha value is -0.640. The van der Waals surface area contributed by atoms with Gasteiger partial charge in [0.25, 0.3) is 0 Å². The predicted octanol–water partition coefficient (Wildman–Crippen LogP) is 3.68. The van der Waals surface area contributed by atoms with Gasteiger partial charge < -0.3 is 10.5 Å². The summed E-state index contributed by atoms with van der Waals surface area (Å²) in [6.07, 6.45) is 0.712. The van der Waals surface area contributed by atoms with Gasteiger partial charge in [0.15, 0.2) is 0 Å². The molecule has 0 bridgehead atoms. The van der Waals surface area contributed by atoms with E-state index in [2.05, 4.69) is 0 Å². The largest absolute Gasteiger partial charge is 0.374 e. The van der Waals surface area contributed by atoms with Crippen molar-refractivity contribution in [2.24, 2.45) is 5.73 Å². The Labute approximate surface area is 107 Å². The zero-order valence-electron chi connectivity index (χ0n) is 10.5. The van der Waals surface area contributed by atoms with Crippen LogP contribution < -0.4 is 5.73 Å². The Bertz CT molecular complexity index is 386. The highest BCUT2D eigenvalue weighted by Crippen LogP contribution is 2.32. The first-order valence-corrected chi connectivity index (χ1v) is 6.17.